The SMILES string of the molecule is Cc1cc(/C=C2\SC(=O)N(c3ccccc3Cl)C2=O)c(C)n1-c1cccnc1. The lowest BCUT2D eigenvalue weighted by atomic mass is 10.2. The average Bonchev–Trinajstić information content (AvgIpc) is 3.12. The first-order valence-corrected chi connectivity index (χ1v) is 9.78. The number of aryl methyl sites for hydroxylation is 1. The first-order valence-electron chi connectivity index (χ1n) is 8.59. The molecule has 5 nitrogen and oxygen atoms in total. The lowest BCUT2D eigenvalue weighted by Crippen LogP contribution is -2.27. The van der Waals surface area contributed by atoms with E-state index in [1.54, 1.807) is 42.7 Å². The summed E-state index contributed by atoms with van der Waals surface area (Å²) in [5.41, 5.74) is 4.21. The number of imide groups is 1. The highest BCUT2D eigenvalue weighted by Crippen LogP contribution is 2.39. The zero-order chi connectivity index (χ0) is 19.8. The van der Waals surface area contributed by atoms with Crippen LogP contribution in [-0.2, 0) is 4.79 Å². The maximum Gasteiger partial charge on any atom is 0.298 e. The second-order valence-corrected chi connectivity index (χ2v) is 7.74. The summed E-state index contributed by atoms with van der Waals surface area (Å²) in [4.78, 5) is 31.0. The Morgan fingerprint density at radius 2 is 1.89 bits per heavy atom. The highest BCUT2D eigenvalue weighted by Gasteiger charge is 2.37. The van der Waals surface area contributed by atoms with Crippen molar-refractivity contribution in [3.8, 4) is 5.69 Å². The molecule has 4 rings (SSSR count). The van der Waals surface area contributed by atoms with Gasteiger partial charge in [0.25, 0.3) is 11.1 Å². The van der Waals surface area contributed by atoms with Crippen molar-refractivity contribution in [2.24, 2.45) is 0 Å². The number of amides is 2. The van der Waals surface area contributed by atoms with Gasteiger partial charge in [-0.1, -0.05) is 23.7 Å². The smallest absolute Gasteiger partial charge is 0.298 e. The highest BCUT2D eigenvalue weighted by atomic mass is 35.5. The molecule has 3 aromatic rings. The number of nitrogens with zero attached hydrogens (tertiary/aromatic N) is 3. The molecule has 0 bridgehead atoms. The zero-order valence-electron chi connectivity index (χ0n) is 15.2. The van der Waals surface area contributed by atoms with Crippen LogP contribution in [0.15, 0.2) is 59.8 Å². The van der Waals surface area contributed by atoms with Crippen molar-refractivity contribution in [3.63, 3.8) is 0 Å². The number of carbonyl (C=O) groups excluding carboxylic acids is 2. The zero-order valence-corrected chi connectivity index (χ0v) is 16.8. The molecule has 7 heteroatoms. The van der Waals surface area contributed by atoms with E-state index in [4.69, 9.17) is 11.6 Å². The molecule has 3 heterocycles. The molecule has 140 valence electrons. The number of halogens is 1. The van der Waals surface area contributed by atoms with Gasteiger partial charge in [-0.3, -0.25) is 14.6 Å². The largest absolute Gasteiger partial charge is 0.316 e. The molecular formula is C21H16ClN3O2S. The Hall–Kier alpha value is -2.83. The molecule has 1 saturated heterocycles. The second kappa shape index (κ2) is 7.30. The molecule has 0 N–H and O–H groups in total. The summed E-state index contributed by atoms with van der Waals surface area (Å²) in [5.74, 6) is -0.366. The van der Waals surface area contributed by atoms with Crippen molar-refractivity contribution in [2.75, 3.05) is 4.90 Å². The van der Waals surface area contributed by atoms with Crippen molar-refractivity contribution >= 4 is 46.3 Å². The third-order valence-corrected chi connectivity index (χ3v) is 5.74. The Bertz CT molecular complexity index is 1120. The Balaban J connectivity index is 1.72. The fourth-order valence-electron chi connectivity index (χ4n) is 3.27. The summed E-state index contributed by atoms with van der Waals surface area (Å²) in [6, 6.07) is 12.7. The van der Waals surface area contributed by atoms with E-state index in [-0.39, 0.29) is 11.1 Å². The van der Waals surface area contributed by atoms with Crippen LogP contribution >= 0.6 is 23.4 Å². The van der Waals surface area contributed by atoms with Gasteiger partial charge >= 0.3 is 0 Å². The molecule has 0 atom stereocenters. The lowest BCUT2D eigenvalue weighted by molar-refractivity contribution is -0.113. The molecule has 2 amide bonds. The fraction of sp³-hybridized carbons (Fsp3) is 0.0952. The van der Waals surface area contributed by atoms with Crippen molar-refractivity contribution in [3.05, 3.63) is 81.7 Å². The number of hydrogen-bond donors (Lipinski definition) is 0. The maximum atomic E-state index is 12.9. The quantitative estimate of drug-likeness (QED) is 0.544. The van der Waals surface area contributed by atoms with Crippen LogP contribution in [0.1, 0.15) is 17.0 Å². The van der Waals surface area contributed by atoms with Crippen LogP contribution in [0, 0.1) is 13.8 Å². The third-order valence-electron chi connectivity index (χ3n) is 4.55. The number of para-hydroxylation sites is 1. The van der Waals surface area contributed by atoms with Gasteiger partial charge in [-0.25, -0.2) is 4.90 Å². The van der Waals surface area contributed by atoms with Gasteiger partial charge in [0.1, 0.15) is 0 Å². The molecule has 1 aromatic carbocycles. The van der Waals surface area contributed by atoms with Gasteiger partial charge in [-0.15, -0.1) is 0 Å². The van der Waals surface area contributed by atoms with E-state index < -0.39 is 0 Å². The van der Waals surface area contributed by atoms with Crippen LogP contribution in [0.2, 0.25) is 5.02 Å². The van der Waals surface area contributed by atoms with Crippen LogP contribution in [0.4, 0.5) is 10.5 Å². The summed E-state index contributed by atoms with van der Waals surface area (Å²) >= 11 is 7.09. The van der Waals surface area contributed by atoms with Crippen molar-refractivity contribution < 1.29 is 9.59 Å². The Morgan fingerprint density at radius 3 is 2.61 bits per heavy atom. The van der Waals surface area contributed by atoms with E-state index >= 15 is 0 Å². The van der Waals surface area contributed by atoms with Crippen molar-refractivity contribution in [1.82, 2.24) is 9.55 Å². The van der Waals surface area contributed by atoms with Crippen LogP contribution in [0.5, 0.6) is 0 Å². The van der Waals surface area contributed by atoms with Gasteiger partial charge < -0.3 is 4.57 Å². The molecule has 0 spiro atoms. The summed E-state index contributed by atoms with van der Waals surface area (Å²) in [6.45, 7) is 3.97. The molecule has 1 aliphatic heterocycles. The Morgan fingerprint density at radius 1 is 1.11 bits per heavy atom. The van der Waals surface area contributed by atoms with Gasteiger partial charge in [-0.2, -0.15) is 0 Å². The highest BCUT2D eigenvalue weighted by molar-refractivity contribution is 8.19. The van der Waals surface area contributed by atoms with Crippen LogP contribution in [0.25, 0.3) is 11.8 Å². The third kappa shape index (κ3) is 3.15. The van der Waals surface area contributed by atoms with Gasteiger partial charge in [0, 0.05) is 17.6 Å². The number of pyridine rings is 1. The average molecular weight is 410 g/mol. The Labute approximate surface area is 171 Å². The van der Waals surface area contributed by atoms with E-state index in [0.717, 1.165) is 39.3 Å². The van der Waals surface area contributed by atoms with Crippen LogP contribution in [-0.4, -0.2) is 20.7 Å². The molecule has 2 aromatic heterocycles. The predicted octanol–water partition coefficient (Wildman–Crippen LogP) is 5.38. The van der Waals surface area contributed by atoms with Gasteiger partial charge in [0.15, 0.2) is 0 Å². The molecule has 1 aliphatic rings. The predicted molar refractivity (Wildman–Crippen MR) is 113 cm³/mol. The van der Waals surface area contributed by atoms with E-state index in [1.165, 1.54) is 0 Å². The van der Waals surface area contributed by atoms with Crippen molar-refractivity contribution in [2.45, 2.75) is 13.8 Å². The molecule has 0 saturated carbocycles. The molecule has 28 heavy (non-hydrogen) atoms. The minimum Gasteiger partial charge on any atom is -0.316 e. The normalized spacial score (nSPS) is 15.7. The number of hydrogen-bond acceptors (Lipinski definition) is 4. The first-order chi connectivity index (χ1) is 13.5. The summed E-state index contributed by atoms with van der Waals surface area (Å²) < 4.78 is 2.07. The summed E-state index contributed by atoms with van der Waals surface area (Å²) in [5, 5.41) is 0.00576. The van der Waals surface area contributed by atoms with Gasteiger partial charge in [0.05, 0.1) is 27.5 Å². The molecule has 0 unspecified atom stereocenters. The first kappa shape index (κ1) is 18.5. The van der Waals surface area contributed by atoms with E-state index in [0.29, 0.717) is 15.6 Å². The summed E-state index contributed by atoms with van der Waals surface area (Å²) in [6.07, 6.45) is 5.27. The summed E-state index contributed by atoms with van der Waals surface area (Å²) in [7, 11) is 0. The lowest BCUT2D eigenvalue weighted by Gasteiger charge is -2.13. The topological polar surface area (TPSA) is 55.2 Å². The molecule has 0 aliphatic carbocycles. The minimum atomic E-state index is -0.366. The maximum absolute atomic E-state index is 12.9. The second-order valence-electron chi connectivity index (χ2n) is 6.34. The standard InChI is InChI=1S/C21H16ClN3O2S/c1-13-10-15(14(2)24(13)16-6-5-9-23-12-16)11-19-20(26)25(21(27)28-19)18-8-4-3-7-17(18)22/h3-12H,1-2H3/b19-11-. The van der Waals surface area contributed by atoms with Crippen molar-refractivity contribution in [1.29, 1.82) is 0 Å². The molecule has 0 radical (unpaired) electrons. The number of benzene rings is 1. The Kier molecular flexibility index (Phi) is 4.83. The number of carbonyl (C=O) groups is 2. The van der Waals surface area contributed by atoms with E-state index in [2.05, 4.69) is 9.55 Å². The minimum absolute atomic E-state index is 0.356. The fourth-order valence-corrected chi connectivity index (χ4v) is 4.31. The van der Waals surface area contributed by atoms with E-state index in [1.807, 2.05) is 32.0 Å². The van der Waals surface area contributed by atoms with Crippen LogP contribution in [0.3, 0.4) is 0 Å². The number of aromatic nitrogens is 2. The van der Waals surface area contributed by atoms with E-state index in [9.17, 15) is 9.59 Å². The van der Waals surface area contributed by atoms with Gasteiger partial charge in [0.2, 0.25) is 0 Å². The van der Waals surface area contributed by atoms with Crippen LogP contribution < -0.4 is 4.90 Å². The monoisotopic (exact) mass is 409 g/mol. The number of thioether (sulfide) groups is 1. The number of rotatable bonds is 3. The molecule has 1 fully saturated rings. The molecular weight excluding hydrogens is 394 g/mol. The van der Waals surface area contributed by atoms with Gasteiger partial charge in [-0.05, 0) is 67.6 Å². The number of anilines is 1.